The topological polar surface area (TPSA) is 57.6 Å². The monoisotopic (exact) mass is 227 g/mol. The van der Waals surface area contributed by atoms with E-state index in [2.05, 4.69) is 0 Å². The molecule has 1 N–H and O–H groups in total. The normalized spacial score (nSPS) is 16.3. The van der Waals surface area contributed by atoms with E-state index < -0.39 is 5.97 Å². The summed E-state index contributed by atoms with van der Waals surface area (Å²) in [6.07, 6.45) is 6.46. The molecule has 4 nitrogen and oxygen atoms in total. The zero-order valence-electron chi connectivity index (χ0n) is 9.95. The van der Waals surface area contributed by atoms with Gasteiger partial charge in [0, 0.05) is 12.5 Å². The van der Waals surface area contributed by atoms with Crippen molar-refractivity contribution in [2.45, 2.75) is 57.9 Å². The summed E-state index contributed by atoms with van der Waals surface area (Å²) < 4.78 is 0. The van der Waals surface area contributed by atoms with Crippen molar-refractivity contribution >= 4 is 11.9 Å². The standard InChI is InChI=1S/C12H21NO3/c1-2-3-8-11(14)13(9-12(15)16)10-6-4-5-7-10/h10H,2-9H2,1H3,(H,15,16). The van der Waals surface area contributed by atoms with Gasteiger partial charge in [0.15, 0.2) is 0 Å². The summed E-state index contributed by atoms with van der Waals surface area (Å²) in [6, 6.07) is 0.167. The van der Waals surface area contributed by atoms with Crippen LogP contribution in [-0.4, -0.2) is 34.5 Å². The Bertz CT molecular complexity index is 247. The quantitative estimate of drug-likeness (QED) is 0.755. The number of aliphatic carboxylic acids is 1. The van der Waals surface area contributed by atoms with Crippen LogP contribution in [0.3, 0.4) is 0 Å². The zero-order chi connectivity index (χ0) is 12.0. The first-order valence-corrected chi connectivity index (χ1v) is 6.16. The van der Waals surface area contributed by atoms with E-state index in [4.69, 9.17) is 5.11 Å². The Morgan fingerprint density at radius 2 is 1.94 bits per heavy atom. The van der Waals surface area contributed by atoms with E-state index in [1.807, 2.05) is 6.92 Å². The van der Waals surface area contributed by atoms with Crippen LogP contribution < -0.4 is 0 Å². The lowest BCUT2D eigenvalue weighted by molar-refractivity contribution is -0.146. The molecule has 0 spiro atoms. The molecule has 0 heterocycles. The summed E-state index contributed by atoms with van der Waals surface area (Å²) in [7, 11) is 0. The summed E-state index contributed by atoms with van der Waals surface area (Å²) >= 11 is 0. The minimum Gasteiger partial charge on any atom is -0.480 e. The molecule has 4 heteroatoms. The van der Waals surface area contributed by atoms with Gasteiger partial charge in [0.25, 0.3) is 0 Å². The van der Waals surface area contributed by atoms with Crippen LogP contribution in [0, 0.1) is 0 Å². The first kappa shape index (κ1) is 13.0. The summed E-state index contributed by atoms with van der Waals surface area (Å²) in [5.41, 5.74) is 0. The van der Waals surface area contributed by atoms with E-state index in [1.54, 1.807) is 4.90 Å². The van der Waals surface area contributed by atoms with Gasteiger partial charge in [-0.25, -0.2) is 0 Å². The van der Waals surface area contributed by atoms with Gasteiger partial charge in [0.05, 0.1) is 0 Å². The molecule has 16 heavy (non-hydrogen) atoms. The van der Waals surface area contributed by atoms with Crippen LogP contribution in [-0.2, 0) is 9.59 Å². The molecule has 0 bridgehead atoms. The molecular formula is C12H21NO3. The van der Waals surface area contributed by atoms with Gasteiger partial charge < -0.3 is 10.0 Å². The fraction of sp³-hybridized carbons (Fsp3) is 0.833. The highest BCUT2D eigenvalue weighted by atomic mass is 16.4. The Balaban J connectivity index is 2.54. The van der Waals surface area contributed by atoms with Crippen LogP contribution in [0.25, 0.3) is 0 Å². The highest BCUT2D eigenvalue weighted by Gasteiger charge is 2.27. The van der Waals surface area contributed by atoms with Crippen molar-refractivity contribution < 1.29 is 14.7 Å². The molecule has 0 aromatic rings. The summed E-state index contributed by atoms with van der Waals surface area (Å²) in [6.45, 7) is 1.90. The maximum Gasteiger partial charge on any atom is 0.323 e. The number of carboxylic acids is 1. The number of carboxylic acid groups (broad SMARTS) is 1. The van der Waals surface area contributed by atoms with Crippen molar-refractivity contribution in [2.24, 2.45) is 0 Å². The molecule has 0 aromatic heterocycles. The van der Waals surface area contributed by atoms with Crippen LogP contribution in [0.1, 0.15) is 51.9 Å². The van der Waals surface area contributed by atoms with Gasteiger partial charge in [-0.15, -0.1) is 0 Å². The smallest absolute Gasteiger partial charge is 0.323 e. The lowest BCUT2D eigenvalue weighted by atomic mass is 10.1. The predicted octanol–water partition coefficient (Wildman–Crippen LogP) is 2.03. The third kappa shape index (κ3) is 3.83. The third-order valence-electron chi connectivity index (χ3n) is 3.14. The van der Waals surface area contributed by atoms with E-state index in [9.17, 15) is 9.59 Å². The second-order valence-electron chi connectivity index (χ2n) is 4.46. The van der Waals surface area contributed by atoms with E-state index >= 15 is 0 Å². The molecule has 0 saturated heterocycles. The first-order chi connectivity index (χ1) is 7.65. The number of unbranched alkanes of at least 4 members (excludes halogenated alkanes) is 1. The predicted molar refractivity (Wildman–Crippen MR) is 61.1 cm³/mol. The van der Waals surface area contributed by atoms with Gasteiger partial charge in [-0.3, -0.25) is 9.59 Å². The van der Waals surface area contributed by atoms with Gasteiger partial charge in [-0.2, -0.15) is 0 Å². The number of hydrogen-bond acceptors (Lipinski definition) is 2. The van der Waals surface area contributed by atoms with Crippen LogP contribution in [0.15, 0.2) is 0 Å². The minimum atomic E-state index is -0.906. The summed E-state index contributed by atoms with van der Waals surface area (Å²) in [5, 5.41) is 8.82. The molecule has 0 atom stereocenters. The SMILES string of the molecule is CCCCC(=O)N(CC(=O)O)C1CCCC1. The zero-order valence-corrected chi connectivity index (χ0v) is 9.95. The second kappa shape index (κ2) is 6.51. The van der Waals surface area contributed by atoms with Crippen molar-refractivity contribution in [1.82, 2.24) is 4.90 Å². The number of hydrogen-bond donors (Lipinski definition) is 1. The van der Waals surface area contributed by atoms with Crippen molar-refractivity contribution in [3.8, 4) is 0 Å². The second-order valence-corrected chi connectivity index (χ2v) is 4.46. The van der Waals surface area contributed by atoms with Gasteiger partial charge in [0.2, 0.25) is 5.91 Å². The highest BCUT2D eigenvalue weighted by Crippen LogP contribution is 2.24. The Morgan fingerprint density at radius 3 is 2.44 bits per heavy atom. The van der Waals surface area contributed by atoms with Gasteiger partial charge in [-0.05, 0) is 19.3 Å². The summed E-state index contributed by atoms with van der Waals surface area (Å²) in [4.78, 5) is 24.2. The largest absolute Gasteiger partial charge is 0.480 e. The Hall–Kier alpha value is -1.06. The van der Waals surface area contributed by atoms with E-state index in [0.29, 0.717) is 6.42 Å². The van der Waals surface area contributed by atoms with Crippen LogP contribution in [0.2, 0.25) is 0 Å². The first-order valence-electron chi connectivity index (χ1n) is 6.16. The molecule has 1 amide bonds. The Kier molecular flexibility index (Phi) is 5.29. The number of nitrogens with zero attached hydrogens (tertiary/aromatic N) is 1. The lowest BCUT2D eigenvalue weighted by Gasteiger charge is -2.27. The number of carbonyl (C=O) groups excluding carboxylic acids is 1. The molecule has 0 unspecified atom stereocenters. The van der Waals surface area contributed by atoms with Crippen molar-refractivity contribution in [1.29, 1.82) is 0 Å². The fourth-order valence-electron chi connectivity index (χ4n) is 2.25. The summed E-state index contributed by atoms with van der Waals surface area (Å²) in [5.74, 6) is -0.895. The average Bonchev–Trinajstić information content (AvgIpc) is 2.75. The van der Waals surface area contributed by atoms with Crippen molar-refractivity contribution in [3.05, 3.63) is 0 Å². The number of carbonyl (C=O) groups is 2. The maximum atomic E-state index is 11.9. The highest BCUT2D eigenvalue weighted by molar-refractivity contribution is 5.81. The van der Waals surface area contributed by atoms with Crippen molar-refractivity contribution in [2.75, 3.05) is 6.54 Å². The maximum absolute atomic E-state index is 11.9. The van der Waals surface area contributed by atoms with E-state index in [0.717, 1.165) is 38.5 Å². The lowest BCUT2D eigenvalue weighted by Crippen LogP contribution is -2.42. The fourth-order valence-corrected chi connectivity index (χ4v) is 2.25. The molecule has 1 rings (SSSR count). The van der Waals surface area contributed by atoms with Gasteiger partial charge in [-0.1, -0.05) is 26.2 Å². The number of rotatable bonds is 6. The Labute approximate surface area is 96.6 Å². The average molecular weight is 227 g/mol. The van der Waals surface area contributed by atoms with Gasteiger partial charge >= 0.3 is 5.97 Å². The molecule has 1 saturated carbocycles. The molecule has 0 radical (unpaired) electrons. The van der Waals surface area contributed by atoms with Crippen molar-refractivity contribution in [3.63, 3.8) is 0 Å². The number of amides is 1. The van der Waals surface area contributed by atoms with Crippen LogP contribution in [0.4, 0.5) is 0 Å². The molecule has 0 aromatic carbocycles. The third-order valence-corrected chi connectivity index (χ3v) is 3.14. The van der Waals surface area contributed by atoms with E-state index in [1.165, 1.54) is 0 Å². The Morgan fingerprint density at radius 1 is 1.31 bits per heavy atom. The van der Waals surface area contributed by atoms with Gasteiger partial charge in [0.1, 0.15) is 6.54 Å². The molecule has 0 aliphatic heterocycles. The molecular weight excluding hydrogens is 206 g/mol. The minimum absolute atomic E-state index is 0.0103. The van der Waals surface area contributed by atoms with Crippen LogP contribution in [0.5, 0.6) is 0 Å². The molecule has 1 aliphatic carbocycles. The molecule has 1 aliphatic rings. The van der Waals surface area contributed by atoms with Crippen LogP contribution >= 0.6 is 0 Å². The molecule has 1 fully saturated rings. The molecule has 92 valence electrons. The van der Waals surface area contributed by atoms with E-state index in [-0.39, 0.29) is 18.5 Å².